The van der Waals surface area contributed by atoms with Gasteiger partial charge in [0.1, 0.15) is 0 Å². The van der Waals surface area contributed by atoms with Gasteiger partial charge in [0.15, 0.2) is 11.9 Å². The minimum absolute atomic E-state index is 0.0413. The Bertz CT molecular complexity index is 595. The van der Waals surface area contributed by atoms with Crippen molar-refractivity contribution in [1.29, 1.82) is 0 Å². The molecule has 1 saturated carbocycles. The van der Waals surface area contributed by atoms with E-state index in [1.807, 2.05) is 0 Å². The van der Waals surface area contributed by atoms with E-state index < -0.39 is 35.6 Å². The Morgan fingerprint density at radius 3 is 2.52 bits per heavy atom. The highest BCUT2D eigenvalue weighted by atomic mass is 19.4. The molecule has 1 spiro atoms. The van der Waals surface area contributed by atoms with E-state index in [1.165, 1.54) is 0 Å². The van der Waals surface area contributed by atoms with Crippen molar-refractivity contribution in [3.05, 3.63) is 12.2 Å². The van der Waals surface area contributed by atoms with Gasteiger partial charge in [0.25, 0.3) is 5.79 Å². The summed E-state index contributed by atoms with van der Waals surface area (Å²) >= 11 is 0. The van der Waals surface area contributed by atoms with Crippen molar-refractivity contribution in [1.82, 2.24) is 0 Å². The molecule has 0 aromatic heterocycles. The minimum Gasteiger partial charge on any atom is -0.342 e. The normalized spacial score (nSPS) is 52.6. The summed E-state index contributed by atoms with van der Waals surface area (Å²) in [5.41, 5.74) is -1.30. The third-order valence-corrected chi connectivity index (χ3v) is 6.50. The van der Waals surface area contributed by atoms with Gasteiger partial charge in [-0.1, -0.05) is 13.5 Å². The Labute approximate surface area is 144 Å². The van der Waals surface area contributed by atoms with Gasteiger partial charge in [-0.15, -0.1) is 0 Å². The predicted octanol–water partition coefficient (Wildman–Crippen LogP) is 3.69. The average molecular weight is 364 g/mol. The molecule has 5 fully saturated rings. The molecule has 7 atom stereocenters. The van der Waals surface area contributed by atoms with E-state index in [4.69, 9.17) is 24.0 Å². The molecule has 0 aromatic rings. The van der Waals surface area contributed by atoms with Crippen molar-refractivity contribution in [3.63, 3.8) is 0 Å². The van der Waals surface area contributed by atoms with Crippen molar-refractivity contribution in [3.8, 4) is 0 Å². The summed E-state index contributed by atoms with van der Waals surface area (Å²) in [6.07, 6.45) is -3.50. The molecule has 0 radical (unpaired) electrons. The van der Waals surface area contributed by atoms with Gasteiger partial charge in [-0.3, -0.25) is 0 Å². The van der Waals surface area contributed by atoms with Crippen molar-refractivity contribution >= 4 is 0 Å². The summed E-state index contributed by atoms with van der Waals surface area (Å²) in [5, 5.41) is 0. The third kappa shape index (κ3) is 2.09. The van der Waals surface area contributed by atoms with Gasteiger partial charge in [0, 0.05) is 19.4 Å². The predicted molar refractivity (Wildman–Crippen MR) is 78.8 cm³/mol. The molecule has 4 heterocycles. The summed E-state index contributed by atoms with van der Waals surface area (Å²) < 4.78 is 58.0. The SMILES string of the molecule is C=C1[C@@H]2CC[C@@H](C)C3CC[C@]4(C)OO[C@]32[C@@H](O4)O[C@@]1(OC)C(F)(F)F. The van der Waals surface area contributed by atoms with Gasteiger partial charge < -0.3 is 14.2 Å². The molecule has 5 aliphatic rings. The molecule has 4 aliphatic heterocycles. The molecule has 1 aliphatic carbocycles. The van der Waals surface area contributed by atoms with Gasteiger partial charge >= 0.3 is 6.18 Å². The Hall–Kier alpha value is -0.670. The van der Waals surface area contributed by atoms with Gasteiger partial charge in [0.05, 0.1) is 0 Å². The molecule has 25 heavy (non-hydrogen) atoms. The summed E-state index contributed by atoms with van der Waals surface area (Å²) in [6, 6.07) is 0. The number of alkyl halides is 3. The summed E-state index contributed by atoms with van der Waals surface area (Å²) in [7, 11) is 0.980. The van der Waals surface area contributed by atoms with E-state index in [-0.39, 0.29) is 17.4 Å². The van der Waals surface area contributed by atoms with Gasteiger partial charge in [-0.05, 0) is 43.6 Å². The lowest BCUT2D eigenvalue weighted by atomic mass is 9.58. The quantitative estimate of drug-likeness (QED) is 0.525. The maximum absolute atomic E-state index is 13.9. The number of hydrogen-bond acceptors (Lipinski definition) is 5. The van der Waals surface area contributed by atoms with Crippen molar-refractivity contribution in [2.75, 3.05) is 7.11 Å². The van der Waals surface area contributed by atoms with E-state index in [9.17, 15) is 13.2 Å². The molecule has 142 valence electrons. The van der Waals surface area contributed by atoms with Crippen molar-refractivity contribution in [2.24, 2.45) is 17.8 Å². The zero-order valence-corrected chi connectivity index (χ0v) is 14.5. The van der Waals surface area contributed by atoms with E-state index in [1.54, 1.807) is 6.92 Å². The number of methoxy groups -OCH3 is 1. The lowest BCUT2D eigenvalue weighted by molar-refractivity contribution is -0.582. The first-order chi connectivity index (χ1) is 11.6. The van der Waals surface area contributed by atoms with Crippen LogP contribution in [0.1, 0.15) is 39.5 Å². The Balaban J connectivity index is 1.87. The molecule has 1 unspecified atom stereocenters. The molecule has 4 saturated heterocycles. The van der Waals surface area contributed by atoms with Crippen LogP contribution >= 0.6 is 0 Å². The van der Waals surface area contributed by atoms with Crippen LogP contribution in [0.25, 0.3) is 0 Å². The van der Waals surface area contributed by atoms with E-state index in [0.29, 0.717) is 12.8 Å². The second-order valence-electron chi connectivity index (χ2n) is 7.82. The Kier molecular flexibility index (Phi) is 3.68. The molecule has 5 rings (SSSR count). The average Bonchev–Trinajstić information content (AvgIpc) is 2.76. The lowest BCUT2D eigenvalue weighted by Crippen LogP contribution is -2.73. The van der Waals surface area contributed by atoms with Crippen LogP contribution in [-0.4, -0.2) is 36.8 Å². The number of fused-ring (bicyclic) bond motifs is 2. The van der Waals surface area contributed by atoms with Crippen LogP contribution in [0, 0.1) is 17.8 Å². The van der Waals surface area contributed by atoms with E-state index >= 15 is 0 Å². The fraction of sp³-hybridized carbons (Fsp3) is 0.882. The largest absolute Gasteiger partial charge is 0.447 e. The molecule has 0 amide bonds. The van der Waals surface area contributed by atoms with Gasteiger partial charge in [-0.25, -0.2) is 9.78 Å². The fourth-order valence-electron chi connectivity index (χ4n) is 5.15. The highest BCUT2D eigenvalue weighted by Crippen LogP contribution is 2.63. The van der Waals surface area contributed by atoms with Crippen LogP contribution in [0.3, 0.4) is 0 Å². The minimum atomic E-state index is -4.78. The highest BCUT2D eigenvalue weighted by molar-refractivity contribution is 5.27. The van der Waals surface area contributed by atoms with Crippen molar-refractivity contribution in [2.45, 2.75) is 69.2 Å². The number of ether oxygens (including phenoxy) is 3. The molecule has 5 nitrogen and oxygen atoms in total. The maximum Gasteiger partial charge on any atom is 0.447 e. The zero-order valence-electron chi connectivity index (χ0n) is 14.5. The summed E-state index contributed by atoms with van der Waals surface area (Å²) in [6.45, 7) is 7.48. The molecule has 8 heteroatoms. The smallest absolute Gasteiger partial charge is 0.342 e. The third-order valence-electron chi connectivity index (χ3n) is 6.50. The number of rotatable bonds is 1. The first-order valence-electron chi connectivity index (χ1n) is 8.63. The second-order valence-corrected chi connectivity index (χ2v) is 7.82. The maximum atomic E-state index is 13.9. The van der Waals surface area contributed by atoms with Gasteiger partial charge in [0.2, 0.25) is 5.79 Å². The van der Waals surface area contributed by atoms with Crippen molar-refractivity contribution < 1.29 is 37.2 Å². The first-order valence-corrected chi connectivity index (χ1v) is 8.63. The topological polar surface area (TPSA) is 46.2 Å². The van der Waals surface area contributed by atoms with Crippen LogP contribution in [-0.2, 0) is 24.0 Å². The summed E-state index contributed by atoms with van der Waals surface area (Å²) in [5.74, 6) is -4.45. The van der Waals surface area contributed by atoms with E-state index in [2.05, 4.69) is 13.5 Å². The highest BCUT2D eigenvalue weighted by Gasteiger charge is 2.76. The molecule has 0 aromatic carbocycles. The molecular formula is C17H23F3O5. The lowest BCUT2D eigenvalue weighted by Gasteiger charge is -2.61. The molecule has 0 N–H and O–H groups in total. The Morgan fingerprint density at radius 1 is 1.16 bits per heavy atom. The van der Waals surface area contributed by atoms with Crippen LogP contribution in [0.5, 0.6) is 0 Å². The monoisotopic (exact) mass is 364 g/mol. The molecule has 2 bridgehead atoms. The van der Waals surface area contributed by atoms with E-state index in [0.717, 1.165) is 20.0 Å². The van der Waals surface area contributed by atoms with Crippen LogP contribution < -0.4 is 0 Å². The van der Waals surface area contributed by atoms with Crippen LogP contribution in [0.15, 0.2) is 12.2 Å². The Morgan fingerprint density at radius 2 is 1.88 bits per heavy atom. The second kappa shape index (κ2) is 5.19. The standard InChI is InChI=1S/C17H23F3O5/c1-9-5-6-12-10(2)16(21-4,17(18,19)20)23-13-15(12)11(9)7-8-14(3,22-13)24-25-15/h9,11-13H,2,5-8H2,1,3-4H3/t9-,11?,12+,13+,14+,15-,16-/m1/s1. The van der Waals surface area contributed by atoms with Crippen LogP contribution in [0.4, 0.5) is 13.2 Å². The zero-order chi connectivity index (χ0) is 18.3. The summed E-state index contributed by atoms with van der Waals surface area (Å²) in [4.78, 5) is 11.3. The number of halogens is 3. The first kappa shape index (κ1) is 17.7. The van der Waals surface area contributed by atoms with Gasteiger partial charge in [-0.2, -0.15) is 13.2 Å². The fourth-order valence-corrected chi connectivity index (χ4v) is 5.15. The van der Waals surface area contributed by atoms with Crippen LogP contribution in [0.2, 0.25) is 0 Å². The number of hydrogen-bond donors (Lipinski definition) is 0. The molecular weight excluding hydrogens is 341 g/mol.